The van der Waals surface area contributed by atoms with E-state index in [4.69, 9.17) is 9.73 Å². The second-order valence-corrected chi connectivity index (χ2v) is 9.10. The Morgan fingerprint density at radius 2 is 1.71 bits per heavy atom. The van der Waals surface area contributed by atoms with E-state index in [1.165, 1.54) is 22.4 Å². The van der Waals surface area contributed by atoms with Crippen LogP contribution in [0, 0.1) is 6.92 Å². The first-order valence-electron chi connectivity index (χ1n) is 11.2. The summed E-state index contributed by atoms with van der Waals surface area (Å²) >= 11 is 0. The molecule has 3 heteroatoms. The third-order valence-corrected chi connectivity index (χ3v) is 6.26. The van der Waals surface area contributed by atoms with Gasteiger partial charge in [0.25, 0.3) is 0 Å². The summed E-state index contributed by atoms with van der Waals surface area (Å²) in [4.78, 5) is 7.28. The van der Waals surface area contributed by atoms with Crippen molar-refractivity contribution in [2.45, 2.75) is 52.5 Å². The highest BCUT2D eigenvalue weighted by Crippen LogP contribution is 2.44. The summed E-state index contributed by atoms with van der Waals surface area (Å²) in [5, 5.41) is 0. The highest BCUT2D eigenvalue weighted by molar-refractivity contribution is 5.86. The molecule has 1 aliphatic rings. The van der Waals surface area contributed by atoms with Gasteiger partial charge in [-0.25, -0.2) is 0 Å². The summed E-state index contributed by atoms with van der Waals surface area (Å²) in [6.45, 7) is 12.5. The van der Waals surface area contributed by atoms with Crippen LogP contribution < -0.4 is 9.64 Å². The first-order chi connectivity index (χ1) is 14.9. The minimum Gasteiger partial charge on any atom is -0.457 e. The second-order valence-electron chi connectivity index (χ2n) is 9.10. The van der Waals surface area contributed by atoms with E-state index in [9.17, 15) is 0 Å². The van der Waals surface area contributed by atoms with Crippen LogP contribution in [0.25, 0.3) is 0 Å². The van der Waals surface area contributed by atoms with Gasteiger partial charge in [-0.2, -0.15) is 0 Å². The highest BCUT2D eigenvalue weighted by Gasteiger charge is 2.35. The third kappa shape index (κ3) is 4.51. The second kappa shape index (κ2) is 8.58. The molecule has 0 saturated carbocycles. The van der Waals surface area contributed by atoms with Gasteiger partial charge < -0.3 is 9.64 Å². The van der Waals surface area contributed by atoms with Crippen LogP contribution in [0.3, 0.4) is 0 Å². The van der Waals surface area contributed by atoms with Gasteiger partial charge in [-0.15, -0.1) is 0 Å². The van der Waals surface area contributed by atoms with Crippen LogP contribution in [0.4, 0.5) is 11.4 Å². The molecule has 1 unspecified atom stereocenters. The van der Waals surface area contributed by atoms with Gasteiger partial charge in [0.1, 0.15) is 11.5 Å². The molecule has 4 rings (SSSR count). The molecule has 3 nitrogen and oxygen atoms in total. The number of benzene rings is 3. The number of rotatable bonds is 5. The lowest BCUT2D eigenvalue weighted by atomic mass is 9.79. The van der Waals surface area contributed by atoms with Gasteiger partial charge in [0.2, 0.25) is 0 Å². The van der Waals surface area contributed by atoms with E-state index in [0.29, 0.717) is 5.92 Å². The molecule has 0 N–H and O–H groups in total. The standard InChI is InChI=1S/C28H32N2O/c1-6-30-27-16-20(2)22(17-26(27)21(3)18-28(30,4)5)19-29-23-12-14-25(15-13-23)31-24-10-8-7-9-11-24/h7-17,19,21H,6,18H2,1-5H3. The van der Waals surface area contributed by atoms with Crippen LogP contribution in [0.5, 0.6) is 11.5 Å². The van der Waals surface area contributed by atoms with Crippen LogP contribution in [0.15, 0.2) is 71.7 Å². The molecule has 0 aromatic heterocycles. The molecular formula is C28H32N2O. The number of hydrogen-bond donors (Lipinski definition) is 0. The number of ether oxygens (including phenoxy) is 1. The fourth-order valence-corrected chi connectivity index (χ4v) is 4.76. The number of para-hydroxylation sites is 1. The predicted octanol–water partition coefficient (Wildman–Crippen LogP) is 7.65. The molecule has 3 aromatic carbocycles. The Kier molecular flexibility index (Phi) is 5.86. The zero-order chi connectivity index (χ0) is 22.0. The first-order valence-corrected chi connectivity index (χ1v) is 11.2. The molecule has 0 aliphatic carbocycles. The normalized spacial score (nSPS) is 17.6. The molecule has 160 valence electrons. The lowest BCUT2D eigenvalue weighted by Gasteiger charge is -2.47. The lowest BCUT2D eigenvalue weighted by Crippen LogP contribution is -2.48. The number of nitrogens with zero attached hydrogens (tertiary/aromatic N) is 2. The van der Waals surface area contributed by atoms with Crippen LogP contribution in [-0.2, 0) is 0 Å². The lowest BCUT2D eigenvalue weighted by molar-refractivity contribution is 0.381. The van der Waals surface area contributed by atoms with Crippen molar-refractivity contribution in [2.75, 3.05) is 11.4 Å². The van der Waals surface area contributed by atoms with Gasteiger partial charge >= 0.3 is 0 Å². The summed E-state index contributed by atoms with van der Waals surface area (Å²) in [6, 6.07) is 22.4. The quantitative estimate of drug-likeness (QED) is 0.402. The summed E-state index contributed by atoms with van der Waals surface area (Å²) < 4.78 is 5.87. The van der Waals surface area contributed by atoms with Crippen molar-refractivity contribution in [1.29, 1.82) is 0 Å². The molecule has 1 atom stereocenters. The summed E-state index contributed by atoms with van der Waals surface area (Å²) in [5.41, 5.74) is 6.36. The average Bonchev–Trinajstić information content (AvgIpc) is 2.74. The van der Waals surface area contributed by atoms with Gasteiger partial charge in [0, 0.05) is 24.0 Å². The van der Waals surface area contributed by atoms with Gasteiger partial charge in [0.05, 0.1) is 5.69 Å². The van der Waals surface area contributed by atoms with Gasteiger partial charge in [-0.05, 0) is 105 Å². The van der Waals surface area contributed by atoms with Crippen LogP contribution in [-0.4, -0.2) is 18.3 Å². The number of anilines is 1. The molecule has 1 aliphatic heterocycles. The molecule has 0 saturated heterocycles. The predicted molar refractivity (Wildman–Crippen MR) is 132 cm³/mol. The zero-order valence-electron chi connectivity index (χ0n) is 19.2. The molecule has 0 spiro atoms. The van der Waals surface area contributed by atoms with Gasteiger partial charge in [0.15, 0.2) is 0 Å². The van der Waals surface area contributed by atoms with E-state index in [2.05, 4.69) is 51.7 Å². The van der Waals surface area contributed by atoms with Crippen LogP contribution >= 0.6 is 0 Å². The zero-order valence-corrected chi connectivity index (χ0v) is 19.2. The van der Waals surface area contributed by atoms with E-state index in [-0.39, 0.29) is 5.54 Å². The largest absolute Gasteiger partial charge is 0.457 e. The van der Waals surface area contributed by atoms with E-state index < -0.39 is 0 Å². The van der Waals surface area contributed by atoms with Crippen molar-refractivity contribution in [3.8, 4) is 11.5 Å². The van der Waals surface area contributed by atoms with E-state index in [1.807, 2.05) is 60.8 Å². The molecule has 0 radical (unpaired) electrons. The fourth-order valence-electron chi connectivity index (χ4n) is 4.76. The van der Waals surface area contributed by atoms with Crippen molar-refractivity contribution in [3.63, 3.8) is 0 Å². The number of fused-ring (bicyclic) bond motifs is 1. The summed E-state index contributed by atoms with van der Waals surface area (Å²) in [5.74, 6) is 2.18. The fraction of sp³-hybridized carbons (Fsp3) is 0.321. The Morgan fingerprint density at radius 3 is 2.39 bits per heavy atom. The Hall–Kier alpha value is -3.07. The maximum absolute atomic E-state index is 5.87. The third-order valence-electron chi connectivity index (χ3n) is 6.26. The Balaban J connectivity index is 1.55. The minimum atomic E-state index is 0.187. The molecule has 31 heavy (non-hydrogen) atoms. The maximum atomic E-state index is 5.87. The molecule has 0 amide bonds. The minimum absolute atomic E-state index is 0.187. The van der Waals surface area contributed by atoms with Crippen molar-refractivity contribution in [1.82, 2.24) is 0 Å². The van der Waals surface area contributed by atoms with Crippen molar-refractivity contribution < 1.29 is 4.74 Å². The Labute approximate surface area is 186 Å². The van der Waals surface area contributed by atoms with Gasteiger partial charge in [-0.1, -0.05) is 25.1 Å². The topological polar surface area (TPSA) is 24.8 Å². The molecular weight excluding hydrogens is 380 g/mol. The highest BCUT2D eigenvalue weighted by atomic mass is 16.5. The average molecular weight is 413 g/mol. The van der Waals surface area contributed by atoms with E-state index in [1.54, 1.807) is 0 Å². The number of aliphatic imine (C=N–C) groups is 1. The molecule has 3 aromatic rings. The van der Waals surface area contributed by atoms with Crippen LogP contribution in [0.2, 0.25) is 0 Å². The van der Waals surface area contributed by atoms with Crippen molar-refractivity contribution in [2.24, 2.45) is 4.99 Å². The number of hydrogen-bond acceptors (Lipinski definition) is 3. The van der Waals surface area contributed by atoms with E-state index >= 15 is 0 Å². The summed E-state index contributed by atoms with van der Waals surface area (Å²) in [6.07, 6.45) is 3.15. The Morgan fingerprint density at radius 1 is 1.03 bits per heavy atom. The summed E-state index contributed by atoms with van der Waals surface area (Å²) in [7, 11) is 0. The maximum Gasteiger partial charge on any atom is 0.127 e. The smallest absolute Gasteiger partial charge is 0.127 e. The van der Waals surface area contributed by atoms with Gasteiger partial charge in [-0.3, -0.25) is 4.99 Å². The number of aryl methyl sites for hydroxylation is 1. The van der Waals surface area contributed by atoms with Crippen molar-refractivity contribution in [3.05, 3.63) is 83.4 Å². The van der Waals surface area contributed by atoms with Crippen LogP contribution in [0.1, 0.15) is 56.7 Å². The molecule has 1 heterocycles. The van der Waals surface area contributed by atoms with Crippen molar-refractivity contribution >= 4 is 17.6 Å². The molecule has 0 fully saturated rings. The van der Waals surface area contributed by atoms with E-state index in [0.717, 1.165) is 30.2 Å². The SMILES string of the molecule is CCN1c2cc(C)c(C=Nc3ccc(Oc4ccccc4)cc3)cc2C(C)CC1(C)C. The first kappa shape index (κ1) is 21.2. The monoisotopic (exact) mass is 412 g/mol. The molecule has 0 bridgehead atoms. The Bertz CT molecular complexity index is 1070.